The summed E-state index contributed by atoms with van der Waals surface area (Å²) in [6, 6.07) is 9.74. The topological polar surface area (TPSA) is 55.8 Å². The Balaban J connectivity index is 1.75. The van der Waals surface area contributed by atoms with Crippen molar-refractivity contribution in [3.8, 4) is 0 Å². The first kappa shape index (κ1) is 16.0. The van der Waals surface area contributed by atoms with E-state index in [-0.39, 0.29) is 18.0 Å². The van der Waals surface area contributed by atoms with Crippen molar-refractivity contribution in [3.05, 3.63) is 35.9 Å². The second-order valence-corrected chi connectivity index (χ2v) is 6.27. The average molecular weight is 317 g/mol. The molecule has 0 aromatic heterocycles. The molecule has 1 amide bonds. The number of rotatable bonds is 3. The molecule has 2 fully saturated rings. The van der Waals surface area contributed by atoms with E-state index in [1.807, 2.05) is 35.2 Å². The van der Waals surface area contributed by atoms with Crippen molar-refractivity contribution in [2.24, 2.45) is 0 Å². The van der Waals surface area contributed by atoms with Gasteiger partial charge in [0.05, 0.1) is 12.5 Å². The van der Waals surface area contributed by atoms with Gasteiger partial charge in [0.2, 0.25) is 0 Å². The quantitative estimate of drug-likeness (QED) is 0.799. The Morgan fingerprint density at radius 3 is 2.48 bits per heavy atom. The molecule has 23 heavy (non-hydrogen) atoms. The number of benzene rings is 1. The van der Waals surface area contributed by atoms with Crippen molar-refractivity contribution in [2.45, 2.75) is 37.2 Å². The SMILES string of the molecule is COC(=O)C1(c2ccccc2)CCN(C(=O)[C@@H]2CCCO2)CC1. The fourth-order valence-electron chi connectivity index (χ4n) is 3.65. The number of hydrogen-bond donors (Lipinski definition) is 0. The third-order valence-corrected chi connectivity index (χ3v) is 5.04. The number of methoxy groups -OCH3 is 1. The van der Waals surface area contributed by atoms with Crippen molar-refractivity contribution < 1.29 is 19.1 Å². The van der Waals surface area contributed by atoms with Gasteiger partial charge < -0.3 is 14.4 Å². The Kier molecular flexibility index (Phi) is 4.66. The van der Waals surface area contributed by atoms with Crippen LogP contribution in [0.2, 0.25) is 0 Å². The molecular formula is C18H23NO4. The molecule has 5 nitrogen and oxygen atoms in total. The summed E-state index contributed by atoms with van der Waals surface area (Å²) in [4.78, 5) is 26.8. The van der Waals surface area contributed by atoms with E-state index in [1.165, 1.54) is 7.11 Å². The molecule has 0 unspecified atom stereocenters. The number of esters is 1. The zero-order valence-corrected chi connectivity index (χ0v) is 13.5. The van der Waals surface area contributed by atoms with Gasteiger partial charge in [0.25, 0.3) is 5.91 Å². The predicted octanol–water partition coefficient (Wildman–Crippen LogP) is 1.90. The Bertz CT molecular complexity index is 558. The van der Waals surface area contributed by atoms with Gasteiger partial charge in [-0.2, -0.15) is 0 Å². The standard InChI is InChI=1S/C18H23NO4/c1-22-17(21)18(14-6-3-2-4-7-14)9-11-19(12-10-18)16(20)15-8-5-13-23-15/h2-4,6-7,15H,5,8-13H2,1H3/t15-/m0/s1. The lowest BCUT2D eigenvalue weighted by atomic mass is 9.72. The zero-order valence-electron chi connectivity index (χ0n) is 13.5. The van der Waals surface area contributed by atoms with Crippen LogP contribution in [0.15, 0.2) is 30.3 Å². The van der Waals surface area contributed by atoms with E-state index in [0.717, 1.165) is 18.4 Å². The van der Waals surface area contributed by atoms with Gasteiger partial charge in [-0.3, -0.25) is 9.59 Å². The van der Waals surface area contributed by atoms with Crippen LogP contribution in [0.4, 0.5) is 0 Å². The Morgan fingerprint density at radius 2 is 1.91 bits per heavy atom. The van der Waals surface area contributed by atoms with Crippen LogP contribution in [0.3, 0.4) is 0 Å². The third kappa shape index (κ3) is 2.98. The number of piperidine rings is 1. The molecule has 0 radical (unpaired) electrons. The summed E-state index contributed by atoms with van der Waals surface area (Å²) in [5.74, 6) is -0.151. The molecule has 1 aromatic carbocycles. The lowest BCUT2D eigenvalue weighted by molar-refractivity contribution is -0.153. The molecule has 2 heterocycles. The van der Waals surface area contributed by atoms with Crippen molar-refractivity contribution >= 4 is 11.9 Å². The van der Waals surface area contributed by atoms with Gasteiger partial charge in [-0.15, -0.1) is 0 Å². The lowest BCUT2D eigenvalue weighted by Gasteiger charge is -2.40. The zero-order chi connectivity index (χ0) is 16.3. The minimum atomic E-state index is -0.649. The molecule has 0 saturated carbocycles. The number of carbonyl (C=O) groups excluding carboxylic acids is 2. The van der Waals surface area contributed by atoms with Crippen molar-refractivity contribution in [1.29, 1.82) is 0 Å². The summed E-state index contributed by atoms with van der Waals surface area (Å²) in [5, 5.41) is 0. The summed E-state index contributed by atoms with van der Waals surface area (Å²) in [6.07, 6.45) is 2.62. The molecule has 5 heteroatoms. The number of hydrogen-bond acceptors (Lipinski definition) is 4. The maximum Gasteiger partial charge on any atom is 0.316 e. The second-order valence-electron chi connectivity index (χ2n) is 6.27. The van der Waals surface area contributed by atoms with Crippen LogP contribution < -0.4 is 0 Å². The smallest absolute Gasteiger partial charge is 0.316 e. The summed E-state index contributed by atoms with van der Waals surface area (Å²) >= 11 is 0. The molecule has 0 aliphatic carbocycles. The van der Waals surface area contributed by atoms with Crippen molar-refractivity contribution in [3.63, 3.8) is 0 Å². The highest BCUT2D eigenvalue weighted by atomic mass is 16.5. The highest BCUT2D eigenvalue weighted by molar-refractivity contribution is 5.85. The van der Waals surface area contributed by atoms with E-state index >= 15 is 0 Å². The van der Waals surface area contributed by atoms with Crippen molar-refractivity contribution in [2.75, 3.05) is 26.8 Å². The maximum atomic E-state index is 12.5. The number of ether oxygens (including phenoxy) is 2. The Hall–Kier alpha value is -1.88. The molecular weight excluding hydrogens is 294 g/mol. The molecule has 124 valence electrons. The van der Waals surface area contributed by atoms with E-state index in [4.69, 9.17) is 9.47 Å². The minimum absolute atomic E-state index is 0.0639. The van der Waals surface area contributed by atoms with Gasteiger partial charge in [-0.25, -0.2) is 0 Å². The second kappa shape index (κ2) is 6.71. The third-order valence-electron chi connectivity index (χ3n) is 5.04. The Labute approximate surface area is 136 Å². The summed E-state index contributed by atoms with van der Waals surface area (Å²) in [7, 11) is 1.43. The highest BCUT2D eigenvalue weighted by Crippen LogP contribution is 2.37. The van der Waals surface area contributed by atoms with Crippen LogP contribution in [0.5, 0.6) is 0 Å². The first-order valence-electron chi connectivity index (χ1n) is 8.22. The highest BCUT2D eigenvalue weighted by Gasteiger charge is 2.45. The predicted molar refractivity (Wildman–Crippen MR) is 84.9 cm³/mol. The van der Waals surface area contributed by atoms with Gasteiger partial charge in [0, 0.05) is 19.7 Å². The summed E-state index contributed by atoms with van der Waals surface area (Å²) in [5.41, 5.74) is 0.319. The molecule has 2 saturated heterocycles. The lowest BCUT2D eigenvalue weighted by Crippen LogP contribution is -2.51. The van der Waals surface area contributed by atoms with Crippen LogP contribution in [-0.4, -0.2) is 49.7 Å². The monoisotopic (exact) mass is 317 g/mol. The van der Waals surface area contributed by atoms with Gasteiger partial charge in [-0.1, -0.05) is 30.3 Å². The molecule has 0 bridgehead atoms. The molecule has 0 N–H and O–H groups in total. The summed E-state index contributed by atoms with van der Waals surface area (Å²) < 4.78 is 10.6. The number of carbonyl (C=O) groups is 2. The maximum absolute atomic E-state index is 12.5. The average Bonchev–Trinajstić information content (AvgIpc) is 3.16. The fraction of sp³-hybridized carbons (Fsp3) is 0.556. The van der Waals surface area contributed by atoms with Gasteiger partial charge >= 0.3 is 5.97 Å². The number of likely N-dealkylation sites (tertiary alicyclic amines) is 1. The van der Waals surface area contributed by atoms with Crippen LogP contribution in [0.1, 0.15) is 31.2 Å². The number of nitrogens with zero attached hydrogens (tertiary/aromatic N) is 1. The van der Waals surface area contributed by atoms with E-state index < -0.39 is 5.41 Å². The molecule has 2 aliphatic rings. The van der Waals surface area contributed by atoms with Crippen LogP contribution >= 0.6 is 0 Å². The van der Waals surface area contributed by atoms with Gasteiger partial charge in [0.1, 0.15) is 6.10 Å². The van der Waals surface area contributed by atoms with E-state index in [0.29, 0.717) is 32.5 Å². The van der Waals surface area contributed by atoms with Crippen LogP contribution in [0.25, 0.3) is 0 Å². The first-order chi connectivity index (χ1) is 11.2. The molecule has 1 aromatic rings. The van der Waals surface area contributed by atoms with E-state index in [9.17, 15) is 9.59 Å². The number of amides is 1. The normalized spacial score (nSPS) is 23.5. The van der Waals surface area contributed by atoms with Crippen LogP contribution in [0, 0.1) is 0 Å². The van der Waals surface area contributed by atoms with E-state index in [2.05, 4.69) is 0 Å². The van der Waals surface area contributed by atoms with Gasteiger partial charge in [0.15, 0.2) is 0 Å². The van der Waals surface area contributed by atoms with Crippen molar-refractivity contribution in [1.82, 2.24) is 4.90 Å². The minimum Gasteiger partial charge on any atom is -0.468 e. The molecule has 3 rings (SSSR count). The molecule has 2 aliphatic heterocycles. The summed E-state index contributed by atoms with van der Waals surface area (Å²) in [6.45, 7) is 1.78. The largest absolute Gasteiger partial charge is 0.468 e. The van der Waals surface area contributed by atoms with E-state index in [1.54, 1.807) is 0 Å². The van der Waals surface area contributed by atoms with Gasteiger partial charge in [-0.05, 0) is 31.2 Å². The fourth-order valence-corrected chi connectivity index (χ4v) is 3.65. The molecule has 1 atom stereocenters. The Morgan fingerprint density at radius 1 is 1.22 bits per heavy atom. The van der Waals surface area contributed by atoms with Crippen LogP contribution in [-0.2, 0) is 24.5 Å². The first-order valence-corrected chi connectivity index (χ1v) is 8.22. The molecule has 0 spiro atoms.